The van der Waals surface area contributed by atoms with Gasteiger partial charge in [0.1, 0.15) is 10.6 Å². The SMILES string of the molecule is COC(=O)c1ccc(-c2ccn(CCCN)n2)s1. The number of aromatic nitrogens is 2. The van der Waals surface area contributed by atoms with E-state index in [4.69, 9.17) is 5.73 Å². The van der Waals surface area contributed by atoms with Crippen LogP contribution in [0.2, 0.25) is 0 Å². The number of hydrogen-bond donors (Lipinski definition) is 1. The number of thiophene rings is 1. The Hall–Kier alpha value is -1.66. The van der Waals surface area contributed by atoms with E-state index in [2.05, 4.69) is 9.84 Å². The minimum absolute atomic E-state index is 0.311. The lowest BCUT2D eigenvalue weighted by Crippen LogP contribution is -2.05. The largest absolute Gasteiger partial charge is 0.465 e. The topological polar surface area (TPSA) is 70.1 Å². The molecule has 0 saturated heterocycles. The highest BCUT2D eigenvalue weighted by Gasteiger charge is 2.11. The van der Waals surface area contributed by atoms with Crippen LogP contribution in [0.1, 0.15) is 16.1 Å². The maximum atomic E-state index is 11.4. The fraction of sp³-hybridized carbons (Fsp3) is 0.333. The number of carbonyl (C=O) groups excluding carboxylic acids is 1. The zero-order chi connectivity index (χ0) is 13.0. The number of ether oxygens (including phenoxy) is 1. The lowest BCUT2D eigenvalue weighted by molar-refractivity contribution is 0.0606. The number of nitrogens with zero attached hydrogens (tertiary/aromatic N) is 2. The second-order valence-electron chi connectivity index (χ2n) is 3.76. The Labute approximate surface area is 109 Å². The van der Waals surface area contributed by atoms with Crippen LogP contribution in [0.4, 0.5) is 0 Å². The third-order valence-corrected chi connectivity index (χ3v) is 3.56. The molecule has 5 nitrogen and oxygen atoms in total. The van der Waals surface area contributed by atoms with Gasteiger partial charge in [0, 0.05) is 12.7 Å². The summed E-state index contributed by atoms with van der Waals surface area (Å²) in [4.78, 5) is 12.9. The van der Waals surface area contributed by atoms with Crippen LogP contribution in [0.5, 0.6) is 0 Å². The molecule has 96 valence electrons. The van der Waals surface area contributed by atoms with Crippen LogP contribution >= 0.6 is 11.3 Å². The first-order valence-corrected chi connectivity index (χ1v) is 6.48. The van der Waals surface area contributed by atoms with Crippen LogP contribution in [0.15, 0.2) is 24.4 Å². The number of nitrogens with two attached hydrogens (primary N) is 1. The number of rotatable bonds is 5. The van der Waals surface area contributed by atoms with Gasteiger partial charge in [0.25, 0.3) is 0 Å². The zero-order valence-corrected chi connectivity index (χ0v) is 10.9. The van der Waals surface area contributed by atoms with Crippen molar-refractivity contribution in [1.82, 2.24) is 9.78 Å². The number of carbonyl (C=O) groups is 1. The van der Waals surface area contributed by atoms with Crippen molar-refractivity contribution in [2.75, 3.05) is 13.7 Å². The van der Waals surface area contributed by atoms with Gasteiger partial charge < -0.3 is 10.5 Å². The monoisotopic (exact) mass is 265 g/mol. The summed E-state index contributed by atoms with van der Waals surface area (Å²) in [6, 6.07) is 5.57. The molecule has 0 aliphatic rings. The van der Waals surface area contributed by atoms with Crippen LogP contribution in [0.3, 0.4) is 0 Å². The lowest BCUT2D eigenvalue weighted by atomic mass is 10.3. The van der Waals surface area contributed by atoms with E-state index in [0.717, 1.165) is 23.5 Å². The van der Waals surface area contributed by atoms with Crippen LogP contribution in [-0.4, -0.2) is 29.4 Å². The maximum Gasteiger partial charge on any atom is 0.348 e. The van der Waals surface area contributed by atoms with Gasteiger partial charge in [-0.2, -0.15) is 5.10 Å². The fourth-order valence-corrected chi connectivity index (χ4v) is 2.45. The third kappa shape index (κ3) is 2.77. The van der Waals surface area contributed by atoms with Crippen molar-refractivity contribution >= 4 is 17.3 Å². The molecule has 18 heavy (non-hydrogen) atoms. The smallest absolute Gasteiger partial charge is 0.348 e. The predicted molar refractivity (Wildman–Crippen MR) is 70.6 cm³/mol. The first-order valence-electron chi connectivity index (χ1n) is 5.66. The van der Waals surface area contributed by atoms with E-state index in [9.17, 15) is 4.79 Å². The van der Waals surface area contributed by atoms with Gasteiger partial charge in [-0.3, -0.25) is 4.68 Å². The summed E-state index contributed by atoms with van der Waals surface area (Å²) < 4.78 is 6.54. The van der Waals surface area contributed by atoms with Crippen LogP contribution in [0.25, 0.3) is 10.6 Å². The molecule has 0 aromatic carbocycles. The van der Waals surface area contributed by atoms with Gasteiger partial charge in [-0.25, -0.2) is 4.79 Å². The fourth-order valence-electron chi connectivity index (χ4n) is 1.56. The van der Waals surface area contributed by atoms with Crippen molar-refractivity contribution in [2.24, 2.45) is 5.73 Å². The van der Waals surface area contributed by atoms with Crippen molar-refractivity contribution in [2.45, 2.75) is 13.0 Å². The molecule has 2 rings (SSSR count). The number of aryl methyl sites for hydroxylation is 1. The quantitative estimate of drug-likeness (QED) is 0.836. The summed E-state index contributed by atoms with van der Waals surface area (Å²) in [5.74, 6) is -0.311. The standard InChI is InChI=1S/C12H15N3O2S/c1-17-12(16)11-4-3-10(18-11)9-5-8-15(14-9)7-2-6-13/h3-5,8H,2,6-7,13H2,1H3. The van der Waals surface area contributed by atoms with Gasteiger partial charge in [0.05, 0.1) is 12.0 Å². The molecule has 0 aliphatic carbocycles. The lowest BCUT2D eigenvalue weighted by Gasteiger charge is -1.97. The first kappa shape index (κ1) is 12.8. The molecule has 0 aliphatic heterocycles. The molecule has 0 fully saturated rings. The van der Waals surface area contributed by atoms with E-state index in [1.54, 1.807) is 6.07 Å². The summed E-state index contributed by atoms with van der Waals surface area (Å²) >= 11 is 1.38. The highest BCUT2D eigenvalue weighted by atomic mass is 32.1. The Morgan fingerprint density at radius 2 is 2.33 bits per heavy atom. The highest BCUT2D eigenvalue weighted by Crippen LogP contribution is 2.27. The minimum atomic E-state index is -0.311. The Kier molecular flexibility index (Phi) is 4.11. The molecule has 0 atom stereocenters. The van der Waals surface area contributed by atoms with Crippen LogP contribution in [-0.2, 0) is 11.3 Å². The average Bonchev–Trinajstić information content (AvgIpc) is 3.03. The second kappa shape index (κ2) is 5.79. The first-order chi connectivity index (χ1) is 8.74. The molecule has 0 unspecified atom stereocenters. The summed E-state index contributed by atoms with van der Waals surface area (Å²) in [5.41, 5.74) is 6.32. The molecule has 2 heterocycles. The normalized spacial score (nSPS) is 10.6. The molecule has 0 radical (unpaired) electrons. The van der Waals surface area contributed by atoms with Crippen molar-refractivity contribution in [1.29, 1.82) is 0 Å². The Morgan fingerprint density at radius 1 is 1.50 bits per heavy atom. The van der Waals surface area contributed by atoms with Crippen molar-refractivity contribution in [3.63, 3.8) is 0 Å². The van der Waals surface area contributed by atoms with E-state index in [1.807, 2.05) is 23.0 Å². The van der Waals surface area contributed by atoms with Crippen molar-refractivity contribution in [3.8, 4) is 10.6 Å². The molecule has 6 heteroatoms. The zero-order valence-electron chi connectivity index (χ0n) is 10.1. The Morgan fingerprint density at radius 3 is 3.06 bits per heavy atom. The van der Waals surface area contributed by atoms with Crippen molar-refractivity contribution < 1.29 is 9.53 Å². The summed E-state index contributed by atoms with van der Waals surface area (Å²) in [6.07, 6.45) is 2.82. The van der Waals surface area contributed by atoms with E-state index in [0.29, 0.717) is 11.4 Å². The number of methoxy groups -OCH3 is 1. The van der Waals surface area contributed by atoms with Crippen LogP contribution < -0.4 is 5.73 Å². The summed E-state index contributed by atoms with van der Waals surface area (Å²) in [6.45, 7) is 1.46. The second-order valence-corrected chi connectivity index (χ2v) is 4.85. The van der Waals surface area contributed by atoms with E-state index in [1.165, 1.54) is 18.4 Å². The molecule has 2 aromatic rings. The number of hydrogen-bond acceptors (Lipinski definition) is 5. The molecule has 0 spiro atoms. The molecule has 2 N–H and O–H groups in total. The molecule has 0 bridgehead atoms. The minimum Gasteiger partial charge on any atom is -0.465 e. The Balaban J connectivity index is 2.13. The van der Waals surface area contributed by atoms with Gasteiger partial charge in [-0.1, -0.05) is 0 Å². The van der Waals surface area contributed by atoms with Crippen LogP contribution in [0, 0.1) is 0 Å². The highest BCUT2D eigenvalue weighted by molar-refractivity contribution is 7.17. The molecule has 0 amide bonds. The van der Waals surface area contributed by atoms with Gasteiger partial charge in [-0.05, 0) is 31.2 Å². The third-order valence-electron chi connectivity index (χ3n) is 2.48. The van der Waals surface area contributed by atoms with Crippen molar-refractivity contribution in [3.05, 3.63) is 29.3 Å². The maximum absolute atomic E-state index is 11.4. The number of esters is 1. The van der Waals surface area contributed by atoms with E-state index >= 15 is 0 Å². The van der Waals surface area contributed by atoms with Gasteiger partial charge in [0.15, 0.2) is 0 Å². The van der Waals surface area contributed by atoms with E-state index < -0.39 is 0 Å². The molecular weight excluding hydrogens is 250 g/mol. The Bertz CT molecular complexity index is 533. The molecule has 0 saturated carbocycles. The van der Waals surface area contributed by atoms with Gasteiger partial charge in [0.2, 0.25) is 0 Å². The summed E-state index contributed by atoms with van der Waals surface area (Å²) in [5, 5.41) is 4.44. The van der Waals surface area contributed by atoms with Gasteiger partial charge >= 0.3 is 5.97 Å². The summed E-state index contributed by atoms with van der Waals surface area (Å²) in [7, 11) is 1.38. The van der Waals surface area contributed by atoms with Gasteiger partial charge in [-0.15, -0.1) is 11.3 Å². The predicted octanol–water partition coefficient (Wildman–Crippen LogP) is 1.75. The van der Waals surface area contributed by atoms with E-state index in [-0.39, 0.29) is 5.97 Å². The molecule has 2 aromatic heterocycles. The molecular formula is C12H15N3O2S. The average molecular weight is 265 g/mol.